The predicted octanol–water partition coefficient (Wildman–Crippen LogP) is 2.50. The van der Waals surface area contributed by atoms with Crippen LogP contribution in [-0.2, 0) is 25.9 Å². The average molecular weight is 478 g/mol. The van der Waals surface area contributed by atoms with Crippen LogP contribution in [-0.4, -0.2) is 71.2 Å². The van der Waals surface area contributed by atoms with Crippen LogP contribution < -0.4 is 10.2 Å². The molecule has 2 fully saturated rings. The monoisotopic (exact) mass is 477 g/mol. The van der Waals surface area contributed by atoms with Crippen molar-refractivity contribution in [1.82, 2.24) is 4.31 Å². The van der Waals surface area contributed by atoms with Gasteiger partial charge in [-0.1, -0.05) is 13.0 Å². The van der Waals surface area contributed by atoms with Crippen molar-refractivity contribution in [3.63, 3.8) is 0 Å². The van der Waals surface area contributed by atoms with Crippen molar-refractivity contribution in [3.8, 4) is 0 Å². The van der Waals surface area contributed by atoms with Crippen LogP contribution in [0, 0.1) is 5.82 Å². The van der Waals surface area contributed by atoms with Gasteiger partial charge in [-0.3, -0.25) is 4.79 Å². The Labute approximate surface area is 193 Å². The first-order valence-electron chi connectivity index (χ1n) is 11.0. The van der Waals surface area contributed by atoms with E-state index in [-0.39, 0.29) is 23.5 Å². The Morgan fingerprint density at radius 1 is 1.00 bits per heavy atom. The molecule has 2 aromatic carbocycles. The van der Waals surface area contributed by atoms with Gasteiger partial charge in [0.1, 0.15) is 5.82 Å². The number of carbonyl (C=O) groups is 1. The Bertz CT molecular complexity index is 1110. The Balaban J connectivity index is 1.55. The number of hydrogen-bond donors (Lipinski definition) is 1. The van der Waals surface area contributed by atoms with E-state index in [4.69, 9.17) is 9.47 Å². The van der Waals surface area contributed by atoms with Gasteiger partial charge in [0.25, 0.3) is 5.91 Å². The number of nitrogens with zero attached hydrogens (tertiary/aromatic N) is 2. The second kappa shape index (κ2) is 10.2. The molecule has 1 amide bonds. The van der Waals surface area contributed by atoms with E-state index in [1.165, 1.54) is 16.4 Å². The van der Waals surface area contributed by atoms with Crippen LogP contribution in [0.5, 0.6) is 0 Å². The molecule has 1 N–H and O–H groups in total. The van der Waals surface area contributed by atoms with E-state index >= 15 is 0 Å². The molecule has 0 atom stereocenters. The van der Waals surface area contributed by atoms with Crippen molar-refractivity contribution >= 4 is 27.3 Å². The number of carbonyl (C=O) groups excluding carboxylic acids is 1. The molecule has 178 valence electrons. The molecule has 8 nitrogen and oxygen atoms in total. The standard InChI is InChI=1S/C23H28FN3O5S/c1-2-17-3-4-18(15-22(17)33(29,30)27-9-13-32-14-10-27)23(28)25-19-5-6-21(20(24)16-19)26-7-11-31-12-8-26/h3-6,15-16H,2,7-14H2,1H3,(H,25,28). The van der Waals surface area contributed by atoms with Crippen LogP contribution in [0.15, 0.2) is 41.3 Å². The smallest absolute Gasteiger partial charge is 0.255 e. The molecule has 0 saturated carbocycles. The number of aryl methyl sites for hydroxylation is 1. The van der Waals surface area contributed by atoms with Gasteiger partial charge in [-0.25, -0.2) is 12.8 Å². The third-order valence-corrected chi connectivity index (χ3v) is 7.84. The van der Waals surface area contributed by atoms with Gasteiger partial charge < -0.3 is 19.7 Å². The number of ether oxygens (including phenoxy) is 2. The third kappa shape index (κ3) is 5.19. The molecule has 2 aliphatic rings. The molecule has 0 bridgehead atoms. The molecule has 0 unspecified atom stereocenters. The lowest BCUT2D eigenvalue weighted by Crippen LogP contribution is -2.41. The maximum Gasteiger partial charge on any atom is 0.255 e. The molecule has 0 spiro atoms. The number of rotatable bonds is 6. The van der Waals surface area contributed by atoms with E-state index in [9.17, 15) is 17.6 Å². The number of benzene rings is 2. The summed E-state index contributed by atoms with van der Waals surface area (Å²) in [5, 5.41) is 2.67. The number of sulfonamides is 1. The summed E-state index contributed by atoms with van der Waals surface area (Å²) in [4.78, 5) is 14.9. The summed E-state index contributed by atoms with van der Waals surface area (Å²) in [7, 11) is -3.76. The Morgan fingerprint density at radius 3 is 2.30 bits per heavy atom. The molecule has 0 radical (unpaired) electrons. The van der Waals surface area contributed by atoms with E-state index in [2.05, 4.69) is 5.32 Å². The first-order valence-corrected chi connectivity index (χ1v) is 12.5. The highest BCUT2D eigenvalue weighted by molar-refractivity contribution is 7.89. The summed E-state index contributed by atoms with van der Waals surface area (Å²) in [6, 6.07) is 9.18. The van der Waals surface area contributed by atoms with Crippen LogP contribution in [0.2, 0.25) is 0 Å². The number of morpholine rings is 2. The van der Waals surface area contributed by atoms with Crippen molar-refractivity contribution in [2.45, 2.75) is 18.2 Å². The van der Waals surface area contributed by atoms with Crippen molar-refractivity contribution in [1.29, 1.82) is 0 Å². The molecule has 2 aromatic rings. The van der Waals surface area contributed by atoms with Gasteiger partial charge in [0.05, 0.1) is 37.0 Å². The Kier molecular flexibility index (Phi) is 7.28. The first-order chi connectivity index (χ1) is 15.9. The van der Waals surface area contributed by atoms with Crippen LogP contribution in [0.4, 0.5) is 15.8 Å². The van der Waals surface area contributed by atoms with Gasteiger partial charge in [0, 0.05) is 37.4 Å². The average Bonchev–Trinajstić information content (AvgIpc) is 2.84. The lowest BCUT2D eigenvalue weighted by molar-refractivity contribution is 0.0730. The summed E-state index contributed by atoms with van der Waals surface area (Å²) >= 11 is 0. The molecule has 2 aliphatic heterocycles. The molecule has 0 aliphatic carbocycles. The maximum atomic E-state index is 14.7. The fourth-order valence-electron chi connectivity index (χ4n) is 4.00. The summed E-state index contributed by atoms with van der Waals surface area (Å²) in [5.74, 6) is -0.943. The molecular weight excluding hydrogens is 449 g/mol. The zero-order valence-corrected chi connectivity index (χ0v) is 19.4. The predicted molar refractivity (Wildman–Crippen MR) is 123 cm³/mol. The first kappa shape index (κ1) is 23.6. The minimum Gasteiger partial charge on any atom is -0.379 e. The van der Waals surface area contributed by atoms with Crippen molar-refractivity contribution < 1.29 is 27.1 Å². The molecule has 0 aromatic heterocycles. The van der Waals surface area contributed by atoms with Crippen LogP contribution in [0.3, 0.4) is 0 Å². The summed E-state index contributed by atoms with van der Waals surface area (Å²) in [5.41, 5.74) is 1.59. The Hall–Kier alpha value is -2.53. The van der Waals surface area contributed by atoms with E-state index in [0.717, 1.165) is 0 Å². The van der Waals surface area contributed by atoms with Crippen LogP contribution in [0.1, 0.15) is 22.8 Å². The minimum absolute atomic E-state index is 0.119. The lowest BCUT2D eigenvalue weighted by atomic mass is 10.1. The summed E-state index contributed by atoms with van der Waals surface area (Å²) in [6.45, 7) is 5.39. The van der Waals surface area contributed by atoms with Gasteiger partial charge in [0.2, 0.25) is 10.0 Å². The molecular formula is C23H28FN3O5S. The van der Waals surface area contributed by atoms with Crippen molar-refractivity contribution in [2.75, 3.05) is 62.8 Å². The van der Waals surface area contributed by atoms with Crippen LogP contribution >= 0.6 is 0 Å². The van der Waals surface area contributed by atoms with E-state index in [0.29, 0.717) is 62.9 Å². The second-order valence-corrected chi connectivity index (χ2v) is 9.82. The summed E-state index contributed by atoms with van der Waals surface area (Å²) < 4.78 is 53.0. The zero-order chi connectivity index (χ0) is 23.4. The van der Waals surface area contributed by atoms with Gasteiger partial charge in [0.15, 0.2) is 0 Å². The lowest BCUT2D eigenvalue weighted by Gasteiger charge is -2.29. The zero-order valence-electron chi connectivity index (χ0n) is 18.5. The highest BCUT2D eigenvalue weighted by atomic mass is 32.2. The number of halogens is 1. The SMILES string of the molecule is CCc1ccc(C(=O)Nc2ccc(N3CCOCC3)c(F)c2)cc1S(=O)(=O)N1CCOCC1. The molecule has 4 rings (SSSR count). The minimum atomic E-state index is -3.76. The molecule has 2 heterocycles. The fourth-order valence-corrected chi connectivity index (χ4v) is 5.73. The molecule has 33 heavy (non-hydrogen) atoms. The van der Waals surface area contributed by atoms with E-state index in [1.807, 2.05) is 11.8 Å². The largest absolute Gasteiger partial charge is 0.379 e. The van der Waals surface area contributed by atoms with Crippen LogP contribution in [0.25, 0.3) is 0 Å². The molecule has 10 heteroatoms. The van der Waals surface area contributed by atoms with E-state index in [1.54, 1.807) is 24.3 Å². The number of amides is 1. The number of nitrogens with one attached hydrogen (secondary N) is 1. The van der Waals surface area contributed by atoms with Gasteiger partial charge >= 0.3 is 0 Å². The van der Waals surface area contributed by atoms with Gasteiger partial charge in [-0.15, -0.1) is 0 Å². The van der Waals surface area contributed by atoms with E-state index < -0.39 is 21.7 Å². The number of hydrogen-bond acceptors (Lipinski definition) is 6. The van der Waals surface area contributed by atoms with Gasteiger partial charge in [-0.05, 0) is 42.3 Å². The van der Waals surface area contributed by atoms with Crippen molar-refractivity contribution in [2.24, 2.45) is 0 Å². The fraction of sp³-hybridized carbons (Fsp3) is 0.435. The highest BCUT2D eigenvalue weighted by Crippen LogP contribution is 2.26. The normalized spacial score (nSPS) is 17.7. The third-order valence-electron chi connectivity index (χ3n) is 5.86. The highest BCUT2D eigenvalue weighted by Gasteiger charge is 2.29. The Morgan fingerprint density at radius 2 is 1.67 bits per heavy atom. The quantitative estimate of drug-likeness (QED) is 0.688. The second-order valence-electron chi connectivity index (χ2n) is 7.91. The molecule has 2 saturated heterocycles. The topological polar surface area (TPSA) is 88.2 Å². The summed E-state index contributed by atoms with van der Waals surface area (Å²) in [6.07, 6.45) is 0.509. The maximum absolute atomic E-state index is 14.7. The number of anilines is 2. The van der Waals surface area contributed by atoms with Crippen molar-refractivity contribution in [3.05, 3.63) is 53.3 Å². The van der Waals surface area contributed by atoms with Gasteiger partial charge in [-0.2, -0.15) is 4.31 Å².